The quantitative estimate of drug-likeness (QED) is 0.790. The van der Waals surface area contributed by atoms with Crippen LogP contribution in [0.5, 0.6) is 0 Å². The van der Waals surface area contributed by atoms with E-state index in [4.69, 9.17) is 4.74 Å². The van der Waals surface area contributed by atoms with E-state index in [0.29, 0.717) is 32.1 Å². The number of carbonyl (C=O) groups is 2. The van der Waals surface area contributed by atoms with Crippen molar-refractivity contribution in [1.82, 2.24) is 15.1 Å². The molecule has 6 heteroatoms. The SMILES string of the molecule is CC(C)(C)OC(=O)N1CCC(=O)N(C2CCNCC2)CC1. The van der Waals surface area contributed by atoms with E-state index in [1.165, 1.54) is 0 Å². The third kappa shape index (κ3) is 4.59. The Bertz CT molecular complexity index is 386. The molecule has 0 radical (unpaired) electrons. The van der Waals surface area contributed by atoms with Gasteiger partial charge in [-0.3, -0.25) is 4.79 Å². The molecule has 0 spiro atoms. The highest BCUT2D eigenvalue weighted by Crippen LogP contribution is 2.17. The fraction of sp³-hybridized carbons (Fsp3) is 0.867. The van der Waals surface area contributed by atoms with Crippen LogP contribution in [0.1, 0.15) is 40.0 Å². The second kappa shape index (κ2) is 6.64. The van der Waals surface area contributed by atoms with Gasteiger partial charge in [-0.05, 0) is 46.7 Å². The Hall–Kier alpha value is -1.30. The molecule has 2 rings (SSSR count). The van der Waals surface area contributed by atoms with Crippen LogP contribution in [-0.4, -0.2) is 66.2 Å². The van der Waals surface area contributed by atoms with Crippen molar-refractivity contribution in [3.8, 4) is 0 Å². The lowest BCUT2D eigenvalue weighted by atomic mass is 10.0. The normalized spacial score (nSPS) is 22.1. The maximum atomic E-state index is 12.3. The van der Waals surface area contributed by atoms with Gasteiger partial charge in [-0.25, -0.2) is 4.79 Å². The van der Waals surface area contributed by atoms with Gasteiger partial charge in [-0.2, -0.15) is 0 Å². The van der Waals surface area contributed by atoms with Crippen molar-refractivity contribution >= 4 is 12.0 Å². The van der Waals surface area contributed by atoms with Crippen LogP contribution in [0.2, 0.25) is 0 Å². The zero-order chi connectivity index (χ0) is 15.5. The number of piperidine rings is 1. The summed E-state index contributed by atoms with van der Waals surface area (Å²) in [7, 11) is 0. The van der Waals surface area contributed by atoms with Gasteiger partial charge >= 0.3 is 6.09 Å². The van der Waals surface area contributed by atoms with Crippen LogP contribution in [-0.2, 0) is 9.53 Å². The first-order valence-electron chi connectivity index (χ1n) is 7.85. The van der Waals surface area contributed by atoms with Crippen molar-refractivity contribution < 1.29 is 14.3 Å². The van der Waals surface area contributed by atoms with Crippen LogP contribution in [0, 0.1) is 0 Å². The molecule has 2 amide bonds. The van der Waals surface area contributed by atoms with E-state index in [-0.39, 0.29) is 12.0 Å². The Balaban J connectivity index is 1.93. The van der Waals surface area contributed by atoms with Gasteiger partial charge in [-0.1, -0.05) is 0 Å². The van der Waals surface area contributed by atoms with Crippen LogP contribution in [0.3, 0.4) is 0 Å². The molecule has 0 aromatic heterocycles. The third-order valence-electron chi connectivity index (χ3n) is 3.93. The summed E-state index contributed by atoms with van der Waals surface area (Å²) in [6.07, 6.45) is 2.07. The third-order valence-corrected chi connectivity index (χ3v) is 3.93. The van der Waals surface area contributed by atoms with Gasteiger partial charge < -0.3 is 19.9 Å². The number of nitrogens with zero attached hydrogens (tertiary/aromatic N) is 2. The van der Waals surface area contributed by atoms with Gasteiger partial charge in [0.15, 0.2) is 0 Å². The maximum absolute atomic E-state index is 12.3. The van der Waals surface area contributed by atoms with Crippen molar-refractivity contribution in [2.75, 3.05) is 32.7 Å². The fourth-order valence-corrected chi connectivity index (χ4v) is 2.85. The molecule has 0 aromatic rings. The van der Waals surface area contributed by atoms with Crippen molar-refractivity contribution in [2.24, 2.45) is 0 Å². The Morgan fingerprint density at radius 3 is 2.48 bits per heavy atom. The first-order chi connectivity index (χ1) is 9.87. The van der Waals surface area contributed by atoms with Crippen LogP contribution < -0.4 is 5.32 Å². The van der Waals surface area contributed by atoms with E-state index in [1.54, 1.807) is 4.90 Å². The molecule has 0 bridgehead atoms. The van der Waals surface area contributed by atoms with Gasteiger partial charge in [-0.15, -0.1) is 0 Å². The molecule has 2 saturated heterocycles. The molecule has 2 aliphatic heterocycles. The van der Waals surface area contributed by atoms with Crippen molar-refractivity contribution in [3.05, 3.63) is 0 Å². The fourth-order valence-electron chi connectivity index (χ4n) is 2.85. The lowest BCUT2D eigenvalue weighted by molar-refractivity contribution is -0.133. The largest absolute Gasteiger partial charge is 0.444 e. The van der Waals surface area contributed by atoms with Crippen LogP contribution in [0.25, 0.3) is 0 Å². The highest BCUT2D eigenvalue weighted by atomic mass is 16.6. The summed E-state index contributed by atoms with van der Waals surface area (Å²) in [5, 5.41) is 3.31. The minimum absolute atomic E-state index is 0.160. The Labute approximate surface area is 126 Å². The summed E-state index contributed by atoms with van der Waals surface area (Å²) in [6, 6.07) is 0.317. The molecule has 6 nitrogen and oxygen atoms in total. The predicted octanol–water partition coefficient (Wildman–Crippen LogP) is 1.21. The van der Waals surface area contributed by atoms with Crippen LogP contribution in [0.15, 0.2) is 0 Å². The molecule has 21 heavy (non-hydrogen) atoms. The Kier molecular flexibility index (Phi) is 5.08. The minimum Gasteiger partial charge on any atom is -0.444 e. The summed E-state index contributed by atoms with van der Waals surface area (Å²) < 4.78 is 5.40. The van der Waals surface area contributed by atoms with Gasteiger partial charge in [0.25, 0.3) is 0 Å². The number of carbonyl (C=O) groups excluding carboxylic acids is 2. The Morgan fingerprint density at radius 2 is 1.86 bits per heavy atom. The first kappa shape index (κ1) is 16.1. The smallest absolute Gasteiger partial charge is 0.410 e. The highest BCUT2D eigenvalue weighted by Gasteiger charge is 2.31. The number of ether oxygens (including phenoxy) is 1. The molecule has 0 aromatic carbocycles. The standard InChI is InChI=1S/C15H27N3O3/c1-15(2,3)21-14(20)17-9-6-13(19)18(11-10-17)12-4-7-16-8-5-12/h12,16H,4-11H2,1-3H3. The average molecular weight is 297 g/mol. The molecule has 1 N–H and O–H groups in total. The van der Waals surface area contributed by atoms with Crippen LogP contribution >= 0.6 is 0 Å². The van der Waals surface area contributed by atoms with E-state index >= 15 is 0 Å². The summed E-state index contributed by atoms with van der Waals surface area (Å²) >= 11 is 0. The van der Waals surface area contributed by atoms with E-state index in [9.17, 15) is 9.59 Å². The van der Waals surface area contributed by atoms with Gasteiger partial charge in [0.1, 0.15) is 5.60 Å². The molecule has 0 saturated carbocycles. The predicted molar refractivity (Wildman–Crippen MR) is 80.0 cm³/mol. The summed E-state index contributed by atoms with van der Waals surface area (Å²) in [6.45, 7) is 9.12. The molecule has 0 aliphatic carbocycles. The van der Waals surface area contributed by atoms with Crippen molar-refractivity contribution in [1.29, 1.82) is 0 Å². The van der Waals surface area contributed by atoms with E-state index in [2.05, 4.69) is 5.32 Å². The Morgan fingerprint density at radius 1 is 1.19 bits per heavy atom. The number of amides is 2. The van der Waals surface area contributed by atoms with Crippen molar-refractivity contribution in [2.45, 2.75) is 51.7 Å². The van der Waals surface area contributed by atoms with Crippen molar-refractivity contribution in [3.63, 3.8) is 0 Å². The van der Waals surface area contributed by atoms with Crippen LogP contribution in [0.4, 0.5) is 4.79 Å². The molecular formula is C15H27N3O3. The number of hydrogen-bond acceptors (Lipinski definition) is 4. The van der Waals surface area contributed by atoms with E-state index < -0.39 is 5.60 Å². The lowest BCUT2D eigenvalue weighted by Gasteiger charge is -2.34. The maximum Gasteiger partial charge on any atom is 0.410 e. The summed E-state index contributed by atoms with van der Waals surface area (Å²) in [4.78, 5) is 28.0. The van der Waals surface area contributed by atoms with Gasteiger partial charge in [0.05, 0.1) is 0 Å². The molecule has 2 fully saturated rings. The molecular weight excluding hydrogens is 270 g/mol. The molecule has 2 aliphatic rings. The highest BCUT2D eigenvalue weighted by molar-refractivity contribution is 5.78. The molecule has 0 atom stereocenters. The number of hydrogen-bond donors (Lipinski definition) is 1. The molecule has 0 unspecified atom stereocenters. The topological polar surface area (TPSA) is 61.9 Å². The van der Waals surface area contributed by atoms with E-state index in [1.807, 2.05) is 25.7 Å². The molecule has 120 valence electrons. The second-order valence-corrected chi connectivity index (χ2v) is 6.79. The second-order valence-electron chi connectivity index (χ2n) is 6.79. The number of nitrogens with one attached hydrogen (secondary N) is 1. The zero-order valence-electron chi connectivity index (χ0n) is 13.4. The van der Waals surface area contributed by atoms with Gasteiger partial charge in [0, 0.05) is 32.1 Å². The number of rotatable bonds is 1. The summed E-state index contributed by atoms with van der Waals surface area (Å²) in [5.41, 5.74) is -0.498. The monoisotopic (exact) mass is 297 g/mol. The minimum atomic E-state index is -0.498. The van der Waals surface area contributed by atoms with Gasteiger partial charge in [0.2, 0.25) is 5.91 Å². The first-order valence-corrected chi connectivity index (χ1v) is 7.85. The molecule has 2 heterocycles. The zero-order valence-corrected chi connectivity index (χ0v) is 13.4. The summed E-state index contributed by atoms with van der Waals surface area (Å²) in [5.74, 6) is 0.160. The van der Waals surface area contributed by atoms with E-state index in [0.717, 1.165) is 25.9 Å². The average Bonchev–Trinajstić information content (AvgIpc) is 2.60. The lowest BCUT2D eigenvalue weighted by Crippen LogP contribution is -2.47.